The van der Waals surface area contributed by atoms with Crippen LogP contribution in [0.4, 0.5) is 0 Å². The van der Waals surface area contributed by atoms with E-state index in [4.69, 9.17) is 5.73 Å². The van der Waals surface area contributed by atoms with Crippen LogP contribution in [-0.4, -0.2) is 6.04 Å². The Labute approximate surface area is 105 Å². The standard InChI is InChI=1S/C9H9Br2N.BrH/c10-8-3-5-1-7(12)2-6(5)4-9(8)11;/h3-4,7H,1-2,12H2;1H. The van der Waals surface area contributed by atoms with E-state index < -0.39 is 0 Å². The van der Waals surface area contributed by atoms with Crippen LogP contribution < -0.4 is 5.73 Å². The molecule has 0 fully saturated rings. The van der Waals surface area contributed by atoms with Crippen molar-refractivity contribution in [3.63, 3.8) is 0 Å². The Bertz CT molecular complexity index is 294. The highest BCUT2D eigenvalue weighted by molar-refractivity contribution is 9.13. The normalized spacial score (nSPS) is 15.3. The summed E-state index contributed by atoms with van der Waals surface area (Å²) in [7, 11) is 0. The summed E-state index contributed by atoms with van der Waals surface area (Å²) in [6.07, 6.45) is 2.03. The summed E-state index contributed by atoms with van der Waals surface area (Å²) in [5, 5.41) is 0. The third-order valence-electron chi connectivity index (χ3n) is 2.21. The topological polar surface area (TPSA) is 26.0 Å². The molecule has 0 saturated heterocycles. The van der Waals surface area contributed by atoms with E-state index >= 15 is 0 Å². The van der Waals surface area contributed by atoms with Gasteiger partial charge < -0.3 is 5.73 Å². The lowest BCUT2D eigenvalue weighted by atomic mass is 10.1. The number of benzene rings is 1. The molecular weight excluding hydrogens is 362 g/mol. The minimum absolute atomic E-state index is 0. The average Bonchev–Trinajstić information content (AvgIpc) is 2.30. The van der Waals surface area contributed by atoms with Gasteiger partial charge in [0.05, 0.1) is 0 Å². The maximum Gasteiger partial charge on any atom is 0.0320 e. The zero-order valence-electron chi connectivity index (χ0n) is 6.89. The molecule has 0 spiro atoms. The first kappa shape index (κ1) is 11.7. The van der Waals surface area contributed by atoms with E-state index in [2.05, 4.69) is 44.0 Å². The lowest BCUT2D eigenvalue weighted by Gasteiger charge is -2.01. The molecule has 0 radical (unpaired) electrons. The number of rotatable bonds is 0. The molecular formula is C9H10Br3N. The molecule has 0 unspecified atom stereocenters. The zero-order chi connectivity index (χ0) is 8.72. The van der Waals surface area contributed by atoms with E-state index in [-0.39, 0.29) is 17.0 Å². The van der Waals surface area contributed by atoms with Crippen LogP contribution in [0.3, 0.4) is 0 Å². The van der Waals surface area contributed by atoms with Crippen molar-refractivity contribution in [3.05, 3.63) is 32.2 Å². The number of halogens is 3. The molecule has 2 rings (SSSR count). The summed E-state index contributed by atoms with van der Waals surface area (Å²) in [5.41, 5.74) is 8.63. The molecule has 0 amide bonds. The lowest BCUT2D eigenvalue weighted by molar-refractivity contribution is 0.721. The Morgan fingerprint density at radius 1 is 1.08 bits per heavy atom. The SMILES string of the molecule is Br.NC1Cc2cc(Br)c(Br)cc2C1. The van der Waals surface area contributed by atoms with Gasteiger partial charge in [0.2, 0.25) is 0 Å². The van der Waals surface area contributed by atoms with Gasteiger partial charge in [-0.15, -0.1) is 17.0 Å². The van der Waals surface area contributed by atoms with E-state index in [1.165, 1.54) is 11.1 Å². The molecule has 1 aliphatic rings. The van der Waals surface area contributed by atoms with Crippen molar-refractivity contribution < 1.29 is 0 Å². The van der Waals surface area contributed by atoms with Gasteiger partial charge in [0, 0.05) is 15.0 Å². The van der Waals surface area contributed by atoms with Crippen LogP contribution in [0.15, 0.2) is 21.1 Å². The summed E-state index contributed by atoms with van der Waals surface area (Å²) in [6, 6.07) is 4.64. The van der Waals surface area contributed by atoms with Crippen LogP contribution in [0.25, 0.3) is 0 Å². The first-order valence-corrected chi connectivity index (χ1v) is 5.48. The number of hydrogen-bond acceptors (Lipinski definition) is 1. The predicted molar refractivity (Wildman–Crippen MR) is 67.5 cm³/mol. The molecule has 1 aliphatic carbocycles. The fourth-order valence-electron chi connectivity index (χ4n) is 1.65. The Kier molecular flexibility index (Phi) is 3.98. The van der Waals surface area contributed by atoms with E-state index in [0.29, 0.717) is 6.04 Å². The second-order valence-corrected chi connectivity index (χ2v) is 4.91. The molecule has 1 nitrogen and oxygen atoms in total. The van der Waals surface area contributed by atoms with Crippen molar-refractivity contribution in [1.29, 1.82) is 0 Å². The molecule has 13 heavy (non-hydrogen) atoms. The monoisotopic (exact) mass is 369 g/mol. The third kappa shape index (κ3) is 2.35. The first-order chi connectivity index (χ1) is 5.66. The van der Waals surface area contributed by atoms with E-state index in [1.807, 2.05) is 0 Å². The summed E-state index contributed by atoms with van der Waals surface area (Å²) >= 11 is 6.96. The van der Waals surface area contributed by atoms with Crippen LogP contribution in [0.1, 0.15) is 11.1 Å². The maximum absolute atomic E-state index is 5.85. The predicted octanol–water partition coefficient (Wildman–Crippen LogP) is 3.22. The van der Waals surface area contributed by atoms with Crippen LogP contribution in [0.5, 0.6) is 0 Å². The van der Waals surface area contributed by atoms with E-state index in [9.17, 15) is 0 Å². The van der Waals surface area contributed by atoms with Crippen LogP contribution in [-0.2, 0) is 12.8 Å². The third-order valence-corrected chi connectivity index (χ3v) is 4.05. The summed E-state index contributed by atoms with van der Waals surface area (Å²) in [6.45, 7) is 0. The maximum atomic E-state index is 5.85. The van der Waals surface area contributed by atoms with Gasteiger partial charge in [-0.05, 0) is 68.0 Å². The van der Waals surface area contributed by atoms with Gasteiger partial charge in [-0.1, -0.05) is 0 Å². The molecule has 1 aromatic carbocycles. The highest BCUT2D eigenvalue weighted by Gasteiger charge is 2.18. The van der Waals surface area contributed by atoms with E-state index in [0.717, 1.165) is 21.8 Å². The molecule has 0 aliphatic heterocycles. The second-order valence-electron chi connectivity index (χ2n) is 3.20. The van der Waals surface area contributed by atoms with Crippen molar-refractivity contribution in [2.45, 2.75) is 18.9 Å². The van der Waals surface area contributed by atoms with Crippen LogP contribution in [0.2, 0.25) is 0 Å². The van der Waals surface area contributed by atoms with Gasteiger partial charge >= 0.3 is 0 Å². The molecule has 0 heterocycles. The molecule has 0 saturated carbocycles. The minimum atomic E-state index is 0. The first-order valence-electron chi connectivity index (χ1n) is 3.89. The molecule has 2 N–H and O–H groups in total. The van der Waals surface area contributed by atoms with Crippen molar-refractivity contribution >= 4 is 48.8 Å². The van der Waals surface area contributed by atoms with Gasteiger partial charge in [0.25, 0.3) is 0 Å². The summed E-state index contributed by atoms with van der Waals surface area (Å²) < 4.78 is 2.24. The molecule has 0 bridgehead atoms. The summed E-state index contributed by atoms with van der Waals surface area (Å²) in [4.78, 5) is 0. The van der Waals surface area contributed by atoms with Gasteiger partial charge in [-0.3, -0.25) is 0 Å². The van der Waals surface area contributed by atoms with Gasteiger partial charge in [-0.25, -0.2) is 0 Å². The van der Waals surface area contributed by atoms with Gasteiger partial charge in [0.1, 0.15) is 0 Å². The molecule has 0 atom stereocenters. The van der Waals surface area contributed by atoms with Crippen molar-refractivity contribution in [2.24, 2.45) is 5.73 Å². The zero-order valence-corrected chi connectivity index (χ0v) is 11.8. The molecule has 1 aromatic rings. The molecule has 72 valence electrons. The Balaban J connectivity index is 0.000000845. The van der Waals surface area contributed by atoms with Crippen molar-refractivity contribution in [3.8, 4) is 0 Å². The number of fused-ring (bicyclic) bond motifs is 1. The lowest BCUT2D eigenvalue weighted by Crippen LogP contribution is -2.18. The number of hydrogen-bond donors (Lipinski definition) is 1. The molecule has 4 heteroatoms. The Morgan fingerprint density at radius 3 is 1.85 bits per heavy atom. The van der Waals surface area contributed by atoms with Gasteiger partial charge in [0.15, 0.2) is 0 Å². The van der Waals surface area contributed by atoms with E-state index in [1.54, 1.807) is 0 Å². The minimum Gasteiger partial charge on any atom is -0.327 e. The smallest absolute Gasteiger partial charge is 0.0320 e. The summed E-state index contributed by atoms with van der Waals surface area (Å²) in [5.74, 6) is 0. The fourth-order valence-corrected chi connectivity index (χ4v) is 2.43. The Hall–Kier alpha value is 0.620. The average molecular weight is 372 g/mol. The number of nitrogens with two attached hydrogens (primary N) is 1. The van der Waals surface area contributed by atoms with Crippen LogP contribution >= 0.6 is 48.8 Å². The van der Waals surface area contributed by atoms with Crippen molar-refractivity contribution in [1.82, 2.24) is 0 Å². The van der Waals surface area contributed by atoms with Crippen LogP contribution in [0, 0.1) is 0 Å². The quantitative estimate of drug-likeness (QED) is 0.744. The largest absolute Gasteiger partial charge is 0.327 e. The van der Waals surface area contributed by atoms with Gasteiger partial charge in [-0.2, -0.15) is 0 Å². The second kappa shape index (κ2) is 4.43. The highest BCUT2D eigenvalue weighted by Crippen LogP contribution is 2.31. The fraction of sp³-hybridized carbons (Fsp3) is 0.333. The van der Waals surface area contributed by atoms with Crippen molar-refractivity contribution in [2.75, 3.05) is 0 Å². The highest BCUT2D eigenvalue weighted by atomic mass is 79.9. The Morgan fingerprint density at radius 2 is 1.46 bits per heavy atom. The molecule has 0 aromatic heterocycles.